The quantitative estimate of drug-likeness (QED) is 0.780. The molecule has 0 heterocycles. The van der Waals surface area contributed by atoms with Gasteiger partial charge in [-0.2, -0.15) is 0 Å². The lowest BCUT2D eigenvalue weighted by atomic mass is 10.1. The lowest BCUT2D eigenvalue weighted by Gasteiger charge is -2.15. The Morgan fingerprint density at radius 3 is 2.62 bits per heavy atom. The highest BCUT2D eigenvalue weighted by Gasteiger charge is 2.06. The van der Waals surface area contributed by atoms with Crippen LogP contribution in [0, 0.1) is 13.8 Å². The predicted molar refractivity (Wildman–Crippen MR) is 67.7 cm³/mol. The van der Waals surface area contributed by atoms with Crippen LogP contribution in [0.2, 0.25) is 0 Å². The van der Waals surface area contributed by atoms with Crippen LogP contribution in [-0.2, 0) is 0 Å². The first-order valence-electron chi connectivity index (χ1n) is 5.21. The van der Waals surface area contributed by atoms with Crippen LogP contribution in [0.3, 0.4) is 0 Å². The second kappa shape index (κ2) is 5.97. The fourth-order valence-electron chi connectivity index (χ4n) is 1.48. The monoisotopic (exact) mass is 243 g/mol. The molecule has 0 aliphatic carbocycles. The van der Waals surface area contributed by atoms with Crippen LogP contribution in [-0.4, -0.2) is 30.7 Å². The van der Waals surface area contributed by atoms with Crippen molar-refractivity contribution < 1.29 is 9.84 Å². The number of hydrogen-bond acceptors (Lipinski definition) is 3. The van der Waals surface area contributed by atoms with E-state index in [-0.39, 0.29) is 5.88 Å². The fourth-order valence-corrected chi connectivity index (χ4v) is 1.59. The van der Waals surface area contributed by atoms with E-state index in [1.54, 1.807) is 7.11 Å². The van der Waals surface area contributed by atoms with Gasteiger partial charge >= 0.3 is 0 Å². The summed E-state index contributed by atoms with van der Waals surface area (Å²) in [5.74, 6) is 1.11. The molecule has 1 aromatic rings. The third kappa shape index (κ3) is 3.29. The van der Waals surface area contributed by atoms with Gasteiger partial charge in [0.25, 0.3) is 0 Å². The molecule has 0 radical (unpaired) electrons. The Morgan fingerprint density at radius 2 is 2.06 bits per heavy atom. The number of halogens is 1. The molecule has 3 nitrogen and oxygen atoms in total. The normalized spacial score (nSPS) is 12.3. The number of nitrogens with one attached hydrogen (secondary N) is 1. The van der Waals surface area contributed by atoms with Gasteiger partial charge in [0, 0.05) is 12.2 Å². The van der Waals surface area contributed by atoms with Crippen LogP contribution in [0.1, 0.15) is 11.1 Å². The molecule has 0 bridgehead atoms. The summed E-state index contributed by atoms with van der Waals surface area (Å²) >= 11 is 5.53. The second-order valence-corrected chi connectivity index (χ2v) is 4.13. The number of alkyl halides is 1. The molecule has 0 aliphatic rings. The van der Waals surface area contributed by atoms with Crippen molar-refractivity contribution in [2.24, 2.45) is 0 Å². The molecule has 0 fully saturated rings. The summed E-state index contributed by atoms with van der Waals surface area (Å²) in [6.45, 7) is 4.44. The number of benzene rings is 1. The third-order valence-corrected chi connectivity index (χ3v) is 2.80. The minimum absolute atomic E-state index is 0.237. The molecule has 90 valence electrons. The van der Waals surface area contributed by atoms with Gasteiger partial charge in [0.05, 0.1) is 19.1 Å². The maximum atomic E-state index is 9.36. The van der Waals surface area contributed by atoms with E-state index in [0.717, 1.165) is 22.6 Å². The minimum atomic E-state index is -0.525. The lowest BCUT2D eigenvalue weighted by Crippen LogP contribution is -2.21. The van der Waals surface area contributed by atoms with Crippen LogP contribution in [0.5, 0.6) is 5.75 Å². The molecular formula is C12H18ClNO2. The van der Waals surface area contributed by atoms with Crippen LogP contribution < -0.4 is 10.1 Å². The Labute approximate surface area is 101 Å². The number of aliphatic hydroxyl groups excluding tert-OH is 1. The second-order valence-electron chi connectivity index (χ2n) is 3.83. The highest BCUT2D eigenvalue weighted by molar-refractivity contribution is 6.18. The van der Waals surface area contributed by atoms with Crippen LogP contribution >= 0.6 is 11.6 Å². The van der Waals surface area contributed by atoms with Crippen molar-refractivity contribution in [3.05, 3.63) is 23.3 Å². The summed E-state index contributed by atoms with van der Waals surface area (Å²) < 4.78 is 5.23. The molecule has 4 heteroatoms. The van der Waals surface area contributed by atoms with Crippen molar-refractivity contribution in [1.29, 1.82) is 0 Å². The van der Waals surface area contributed by atoms with Gasteiger partial charge in [-0.05, 0) is 37.1 Å². The van der Waals surface area contributed by atoms with Crippen molar-refractivity contribution in [3.63, 3.8) is 0 Å². The first kappa shape index (κ1) is 13.1. The number of aliphatic hydroxyl groups is 1. The number of methoxy groups -OCH3 is 1. The van der Waals surface area contributed by atoms with Crippen molar-refractivity contribution in [3.8, 4) is 5.75 Å². The smallest absolute Gasteiger partial charge is 0.122 e. The van der Waals surface area contributed by atoms with E-state index in [2.05, 4.69) is 5.32 Å². The molecule has 0 saturated heterocycles. The molecule has 1 aromatic carbocycles. The van der Waals surface area contributed by atoms with Gasteiger partial charge in [-0.15, -0.1) is 11.6 Å². The number of rotatable bonds is 5. The maximum absolute atomic E-state index is 9.36. The summed E-state index contributed by atoms with van der Waals surface area (Å²) in [6, 6.07) is 3.99. The number of ether oxygens (including phenoxy) is 1. The molecular weight excluding hydrogens is 226 g/mol. The molecule has 0 aromatic heterocycles. The highest BCUT2D eigenvalue weighted by atomic mass is 35.5. The standard InChI is InChI=1S/C12H18ClNO2/c1-8-5-12(16-3)9(2)4-11(8)14-7-10(15)6-13/h4-5,10,14-15H,6-7H2,1-3H3. The molecule has 0 amide bonds. The zero-order chi connectivity index (χ0) is 12.1. The average Bonchev–Trinajstić information content (AvgIpc) is 2.29. The van der Waals surface area contributed by atoms with Crippen molar-refractivity contribution in [2.75, 3.05) is 24.9 Å². The van der Waals surface area contributed by atoms with Gasteiger partial charge in [-0.25, -0.2) is 0 Å². The Kier molecular flexibility index (Phi) is 4.90. The number of aryl methyl sites for hydroxylation is 2. The van der Waals surface area contributed by atoms with Crippen LogP contribution in [0.15, 0.2) is 12.1 Å². The zero-order valence-corrected chi connectivity index (χ0v) is 10.6. The lowest BCUT2D eigenvalue weighted by molar-refractivity contribution is 0.211. The van der Waals surface area contributed by atoms with Crippen molar-refractivity contribution in [1.82, 2.24) is 0 Å². The zero-order valence-electron chi connectivity index (χ0n) is 9.88. The van der Waals surface area contributed by atoms with Crippen LogP contribution in [0.25, 0.3) is 0 Å². The number of hydrogen-bond donors (Lipinski definition) is 2. The van der Waals surface area contributed by atoms with Gasteiger partial charge in [0.15, 0.2) is 0 Å². The Balaban J connectivity index is 2.77. The third-order valence-electron chi connectivity index (χ3n) is 2.45. The molecule has 1 rings (SSSR count). The summed E-state index contributed by atoms with van der Waals surface area (Å²) in [6.07, 6.45) is -0.525. The first-order chi connectivity index (χ1) is 7.58. The molecule has 2 N–H and O–H groups in total. The van der Waals surface area contributed by atoms with E-state index in [0.29, 0.717) is 6.54 Å². The van der Waals surface area contributed by atoms with Gasteiger partial charge in [0.2, 0.25) is 0 Å². The average molecular weight is 244 g/mol. The molecule has 0 aliphatic heterocycles. The van der Waals surface area contributed by atoms with Crippen molar-refractivity contribution >= 4 is 17.3 Å². The summed E-state index contributed by atoms with van der Waals surface area (Å²) in [7, 11) is 1.66. The summed E-state index contributed by atoms with van der Waals surface area (Å²) in [5.41, 5.74) is 3.16. The Bertz CT molecular complexity index is 355. The largest absolute Gasteiger partial charge is 0.496 e. The predicted octanol–water partition coefficient (Wildman–Crippen LogP) is 2.32. The summed E-state index contributed by atoms with van der Waals surface area (Å²) in [5, 5.41) is 12.5. The van der Waals surface area contributed by atoms with Gasteiger partial charge in [-0.3, -0.25) is 0 Å². The molecule has 1 unspecified atom stereocenters. The molecule has 1 atom stereocenters. The molecule has 0 spiro atoms. The van der Waals surface area contributed by atoms with Crippen LogP contribution in [0.4, 0.5) is 5.69 Å². The number of anilines is 1. The SMILES string of the molecule is COc1cc(C)c(NCC(O)CCl)cc1C. The van der Waals surface area contributed by atoms with E-state index < -0.39 is 6.10 Å². The van der Waals surface area contributed by atoms with E-state index >= 15 is 0 Å². The topological polar surface area (TPSA) is 41.5 Å². The van der Waals surface area contributed by atoms with E-state index in [1.165, 1.54) is 0 Å². The van der Waals surface area contributed by atoms with Gasteiger partial charge in [-0.1, -0.05) is 0 Å². The van der Waals surface area contributed by atoms with Gasteiger partial charge < -0.3 is 15.2 Å². The first-order valence-corrected chi connectivity index (χ1v) is 5.75. The van der Waals surface area contributed by atoms with E-state index in [9.17, 15) is 5.11 Å². The Hall–Kier alpha value is -0.930. The highest BCUT2D eigenvalue weighted by Crippen LogP contribution is 2.25. The summed E-state index contributed by atoms with van der Waals surface area (Å²) in [4.78, 5) is 0. The minimum Gasteiger partial charge on any atom is -0.496 e. The molecule has 16 heavy (non-hydrogen) atoms. The fraction of sp³-hybridized carbons (Fsp3) is 0.500. The Morgan fingerprint density at radius 1 is 1.38 bits per heavy atom. The maximum Gasteiger partial charge on any atom is 0.122 e. The van der Waals surface area contributed by atoms with E-state index in [4.69, 9.17) is 16.3 Å². The van der Waals surface area contributed by atoms with Crippen molar-refractivity contribution in [2.45, 2.75) is 20.0 Å². The molecule has 0 saturated carbocycles. The van der Waals surface area contributed by atoms with E-state index in [1.807, 2.05) is 26.0 Å². The van der Waals surface area contributed by atoms with Gasteiger partial charge in [0.1, 0.15) is 5.75 Å².